The van der Waals surface area contributed by atoms with Gasteiger partial charge in [0, 0.05) is 44.3 Å². The monoisotopic (exact) mass is 370 g/mol. The highest BCUT2D eigenvalue weighted by molar-refractivity contribution is 5.79. The number of aliphatic imine (C=N–C) groups is 1. The van der Waals surface area contributed by atoms with Crippen LogP contribution in [0.1, 0.15) is 12.6 Å². The van der Waals surface area contributed by atoms with Gasteiger partial charge in [0.15, 0.2) is 5.96 Å². The van der Waals surface area contributed by atoms with E-state index in [9.17, 15) is 0 Å². The van der Waals surface area contributed by atoms with Crippen molar-refractivity contribution < 1.29 is 4.42 Å². The predicted octanol–water partition coefficient (Wildman–Crippen LogP) is 1.64. The number of piperazine rings is 1. The van der Waals surface area contributed by atoms with Crippen molar-refractivity contribution in [2.45, 2.75) is 19.5 Å². The smallest absolute Gasteiger partial charge is 0.226 e. The van der Waals surface area contributed by atoms with E-state index in [0.717, 1.165) is 49.9 Å². The minimum atomic E-state index is 0.476. The fraction of sp³-hybridized carbons (Fsp3) is 0.500. The molecule has 3 rings (SSSR count). The molecule has 0 spiro atoms. The first-order valence-corrected chi connectivity index (χ1v) is 9.56. The number of guanidine groups is 1. The Morgan fingerprint density at radius 3 is 2.81 bits per heavy atom. The molecule has 2 heterocycles. The maximum absolute atomic E-state index is 5.59. The Morgan fingerprint density at radius 1 is 1.22 bits per heavy atom. The third-order valence-corrected chi connectivity index (χ3v) is 4.80. The van der Waals surface area contributed by atoms with Gasteiger partial charge in [-0.05, 0) is 33.2 Å². The van der Waals surface area contributed by atoms with Crippen molar-refractivity contribution in [3.05, 3.63) is 42.3 Å². The van der Waals surface area contributed by atoms with Crippen molar-refractivity contribution in [2.75, 3.05) is 46.8 Å². The zero-order chi connectivity index (χ0) is 19.1. The Kier molecular flexibility index (Phi) is 6.84. The standard InChI is InChI=1S/C20H30N6O/c1-4-21-20(23-13-18-14-25(2)10-11-26(18)3)22-12-17-15-27-19(24-17)16-8-6-5-7-9-16/h5-9,15,18H,4,10-14H2,1-3H3,(H2,21,22,23). The first-order valence-electron chi connectivity index (χ1n) is 9.56. The third kappa shape index (κ3) is 5.55. The first-order chi connectivity index (χ1) is 13.2. The molecule has 2 aromatic rings. The van der Waals surface area contributed by atoms with Crippen LogP contribution in [0.4, 0.5) is 0 Å². The summed E-state index contributed by atoms with van der Waals surface area (Å²) in [4.78, 5) is 14.0. The van der Waals surface area contributed by atoms with Crippen molar-refractivity contribution in [3.63, 3.8) is 0 Å². The van der Waals surface area contributed by atoms with Crippen LogP contribution in [0.2, 0.25) is 0 Å². The third-order valence-electron chi connectivity index (χ3n) is 4.80. The molecular weight excluding hydrogens is 340 g/mol. The lowest BCUT2D eigenvalue weighted by atomic mass is 10.2. The van der Waals surface area contributed by atoms with Crippen LogP contribution in [-0.2, 0) is 6.54 Å². The summed E-state index contributed by atoms with van der Waals surface area (Å²) >= 11 is 0. The van der Waals surface area contributed by atoms with Crippen LogP contribution in [0, 0.1) is 0 Å². The van der Waals surface area contributed by atoms with Crippen LogP contribution in [0.15, 0.2) is 46.0 Å². The van der Waals surface area contributed by atoms with Gasteiger partial charge in [-0.25, -0.2) is 9.98 Å². The van der Waals surface area contributed by atoms with Gasteiger partial charge < -0.3 is 20.0 Å². The summed E-state index contributed by atoms with van der Waals surface area (Å²) in [6, 6.07) is 10.4. The summed E-state index contributed by atoms with van der Waals surface area (Å²) in [6.07, 6.45) is 1.68. The molecule has 1 aromatic heterocycles. The average Bonchev–Trinajstić information content (AvgIpc) is 3.16. The summed E-state index contributed by atoms with van der Waals surface area (Å²) in [5.74, 6) is 1.44. The number of hydrogen-bond acceptors (Lipinski definition) is 5. The van der Waals surface area contributed by atoms with E-state index in [-0.39, 0.29) is 0 Å². The largest absolute Gasteiger partial charge is 0.444 e. The van der Waals surface area contributed by atoms with Crippen LogP contribution < -0.4 is 10.6 Å². The lowest BCUT2D eigenvalue weighted by molar-refractivity contribution is 0.116. The lowest BCUT2D eigenvalue weighted by Gasteiger charge is -2.37. The van der Waals surface area contributed by atoms with E-state index in [1.807, 2.05) is 30.3 Å². The summed E-state index contributed by atoms with van der Waals surface area (Å²) in [5.41, 5.74) is 1.79. The molecule has 7 heteroatoms. The quantitative estimate of drug-likeness (QED) is 0.595. The second kappa shape index (κ2) is 9.53. The molecule has 27 heavy (non-hydrogen) atoms. The number of nitrogens with one attached hydrogen (secondary N) is 2. The zero-order valence-electron chi connectivity index (χ0n) is 16.5. The van der Waals surface area contributed by atoms with E-state index >= 15 is 0 Å². The Labute approximate surface area is 161 Å². The van der Waals surface area contributed by atoms with E-state index < -0.39 is 0 Å². The van der Waals surface area contributed by atoms with Gasteiger partial charge in [-0.1, -0.05) is 18.2 Å². The Hall–Kier alpha value is -2.38. The van der Waals surface area contributed by atoms with Crippen LogP contribution in [-0.4, -0.2) is 73.6 Å². The van der Waals surface area contributed by atoms with Gasteiger partial charge in [0.1, 0.15) is 12.0 Å². The maximum Gasteiger partial charge on any atom is 0.226 e. The van der Waals surface area contributed by atoms with E-state index in [1.165, 1.54) is 0 Å². The van der Waals surface area contributed by atoms with E-state index in [1.54, 1.807) is 6.26 Å². The SMILES string of the molecule is CCNC(=NCc1coc(-c2ccccc2)n1)NCC1CN(C)CCN1C. The minimum Gasteiger partial charge on any atom is -0.444 e. The molecule has 1 aliphatic rings. The summed E-state index contributed by atoms with van der Waals surface area (Å²) in [5, 5.41) is 6.77. The highest BCUT2D eigenvalue weighted by Crippen LogP contribution is 2.18. The molecular formula is C20H30N6O. The van der Waals surface area contributed by atoms with Gasteiger partial charge >= 0.3 is 0 Å². The van der Waals surface area contributed by atoms with Crippen molar-refractivity contribution in [1.29, 1.82) is 0 Å². The molecule has 2 N–H and O–H groups in total. The molecule has 1 fully saturated rings. The highest BCUT2D eigenvalue weighted by Gasteiger charge is 2.22. The lowest BCUT2D eigenvalue weighted by Crippen LogP contribution is -2.55. The summed E-state index contributed by atoms with van der Waals surface area (Å²) < 4.78 is 5.59. The van der Waals surface area contributed by atoms with E-state index in [4.69, 9.17) is 4.42 Å². The number of rotatable bonds is 6. The highest BCUT2D eigenvalue weighted by atomic mass is 16.3. The predicted molar refractivity (Wildman–Crippen MR) is 109 cm³/mol. The molecule has 0 radical (unpaired) electrons. The first kappa shape index (κ1) is 19.4. The molecule has 0 aliphatic carbocycles. The Balaban J connectivity index is 1.58. The van der Waals surface area contributed by atoms with Crippen molar-refractivity contribution in [2.24, 2.45) is 4.99 Å². The average molecular weight is 371 g/mol. The van der Waals surface area contributed by atoms with Gasteiger partial charge in [0.2, 0.25) is 5.89 Å². The molecule has 7 nitrogen and oxygen atoms in total. The van der Waals surface area contributed by atoms with Crippen LogP contribution in [0.3, 0.4) is 0 Å². The van der Waals surface area contributed by atoms with Crippen molar-refractivity contribution >= 4 is 5.96 Å². The van der Waals surface area contributed by atoms with Gasteiger partial charge in [-0.3, -0.25) is 4.90 Å². The molecule has 1 atom stereocenters. The number of benzene rings is 1. The van der Waals surface area contributed by atoms with Gasteiger partial charge in [0.05, 0.1) is 6.54 Å². The summed E-state index contributed by atoms with van der Waals surface area (Å²) in [7, 11) is 4.36. The fourth-order valence-electron chi connectivity index (χ4n) is 3.13. The number of aromatic nitrogens is 1. The van der Waals surface area contributed by atoms with Crippen LogP contribution in [0.5, 0.6) is 0 Å². The number of hydrogen-bond donors (Lipinski definition) is 2. The van der Waals surface area contributed by atoms with E-state index in [2.05, 4.69) is 51.4 Å². The second-order valence-corrected chi connectivity index (χ2v) is 6.98. The molecule has 1 aliphatic heterocycles. The van der Waals surface area contributed by atoms with Gasteiger partial charge in [0.25, 0.3) is 0 Å². The Bertz CT molecular complexity index is 729. The second-order valence-electron chi connectivity index (χ2n) is 6.98. The summed E-state index contributed by atoms with van der Waals surface area (Å²) in [6.45, 7) is 7.51. The molecule has 1 saturated heterocycles. The Morgan fingerprint density at radius 2 is 2.04 bits per heavy atom. The van der Waals surface area contributed by atoms with Crippen LogP contribution in [0.25, 0.3) is 11.5 Å². The number of nitrogens with zero attached hydrogens (tertiary/aromatic N) is 4. The topological polar surface area (TPSA) is 68.9 Å². The molecule has 146 valence electrons. The van der Waals surface area contributed by atoms with Crippen LogP contribution >= 0.6 is 0 Å². The van der Waals surface area contributed by atoms with Gasteiger partial charge in [-0.15, -0.1) is 0 Å². The zero-order valence-corrected chi connectivity index (χ0v) is 16.5. The molecule has 0 saturated carbocycles. The minimum absolute atomic E-state index is 0.476. The molecule has 1 unspecified atom stereocenters. The van der Waals surface area contributed by atoms with Crippen molar-refractivity contribution in [1.82, 2.24) is 25.4 Å². The van der Waals surface area contributed by atoms with Gasteiger partial charge in [-0.2, -0.15) is 0 Å². The fourth-order valence-corrected chi connectivity index (χ4v) is 3.13. The van der Waals surface area contributed by atoms with Crippen molar-refractivity contribution in [3.8, 4) is 11.5 Å². The maximum atomic E-state index is 5.59. The molecule has 0 amide bonds. The molecule has 0 bridgehead atoms. The normalized spacial score (nSPS) is 19.2. The van der Waals surface area contributed by atoms with E-state index in [0.29, 0.717) is 18.5 Å². The number of likely N-dealkylation sites (N-methyl/N-ethyl adjacent to an activating group) is 2. The number of oxazole rings is 1. The molecule has 1 aromatic carbocycles.